The number of nitro benzene ring substituents is 1. The van der Waals surface area contributed by atoms with Crippen molar-refractivity contribution >= 4 is 5.69 Å². The quantitative estimate of drug-likeness (QED) is 0.603. The van der Waals surface area contributed by atoms with E-state index in [4.69, 9.17) is 0 Å². The fraction of sp³-hybridized carbons (Fsp3) is 0.500. The first kappa shape index (κ1) is 14.5. The summed E-state index contributed by atoms with van der Waals surface area (Å²) in [5.74, 6) is -0.514. The van der Waals surface area contributed by atoms with Gasteiger partial charge in [0.05, 0.1) is 10.5 Å². The van der Waals surface area contributed by atoms with Crippen LogP contribution in [0, 0.1) is 15.9 Å². The Bertz CT molecular complexity index is 435. The molecule has 2 N–H and O–H groups in total. The van der Waals surface area contributed by atoms with Gasteiger partial charge in [-0.25, -0.2) is 4.39 Å². The van der Waals surface area contributed by atoms with E-state index in [2.05, 4.69) is 5.32 Å². The van der Waals surface area contributed by atoms with E-state index in [1.165, 1.54) is 0 Å². The van der Waals surface area contributed by atoms with Gasteiger partial charge in [-0.3, -0.25) is 10.1 Å². The molecule has 0 radical (unpaired) electrons. The van der Waals surface area contributed by atoms with Gasteiger partial charge in [0.15, 0.2) is 0 Å². The number of halogens is 1. The minimum absolute atomic E-state index is 0.125. The van der Waals surface area contributed by atoms with Crippen molar-refractivity contribution in [3.8, 4) is 0 Å². The zero-order valence-electron chi connectivity index (χ0n) is 10.4. The highest BCUT2D eigenvalue weighted by molar-refractivity contribution is 5.40. The average molecular weight is 256 g/mol. The van der Waals surface area contributed by atoms with Crippen molar-refractivity contribution < 1.29 is 14.4 Å². The molecule has 1 aromatic carbocycles. The number of hydrogen-bond donors (Lipinski definition) is 2. The summed E-state index contributed by atoms with van der Waals surface area (Å²) in [7, 11) is 0. The molecule has 1 rings (SSSR count). The summed E-state index contributed by atoms with van der Waals surface area (Å²) >= 11 is 0. The Kier molecular flexibility index (Phi) is 4.75. The van der Waals surface area contributed by atoms with Crippen LogP contribution < -0.4 is 5.32 Å². The highest BCUT2D eigenvalue weighted by Gasteiger charge is 2.18. The maximum Gasteiger partial charge on any atom is 0.274 e. The molecule has 1 unspecified atom stereocenters. The Morgan fingerprint density at radius 3 is 2.78 bits per heavy atom. The predicted octanol–water partition coefficient (Wildman–Crippen LogP) is 1.98. The molecule has 0 spiro atoms. The van der Waals surface area contributed by atoms with Gasteiger partial charge in [-0.05, 0) is 25.5 Å². The lowest BCUT2D eigenvalue weighted by Gasteiger charge is -2.21. The van der Waals surface area contributed by atoms with E-state index in [0.717, 1.165) is 18.2 Å². The zero-order chi connectivity index (χ0) is 13.8. The second kappa shape index (κ2) is 5.88. The van der Waals surface area contributed by atoms with Gasteiger partial charge in [-0.2, -0.15) is 0 Å². The lowest BCUT2D eigenvalue weighted by atomic mass is 10.0. The molecule has 0 aliphatic heterocycles. The Morgan fingerprint density at radius 2 is 2.22 bits per heavy atom. The summed E-state index contributed by atoms with van der Waals surface area (Å²) in [6.07, 6.45) is 0.561. The monoisotopic (exact) mass is 256 g/mol. The molecule has 18 heavy (non-hydrogen) atoms. The number of hydrogen-bond acceptors (Lipinski definition) is 4. The summed E-state index contributed by atoms with van der Waals surface area (Å²) in [5, 5.41) is 23.4. The van der Waals surface area contributed by atoms with E-state index in [-0.39, 0.29) is 24.3 Å². The van der Waals surface area contributed by atoms with Crippen molar-refractivity contribution in [2.75, 3.05) is 6.54 Å². The van der Waals surface area contributed by atoms with Gasteiger partial charge < -0.3 is 10.4 Å². The number of nitro groups is 1. The molecular formula is C12H17FN2O3. The highest BCUT2D eigenvalue weighted by atomic mass is 19.1. The number of rotatable bonds is 6. The molecule has 0 bridgehead atoms. The van der Waals surface area contributed by atoms with Crippen LogP contribution in [0.15, 0.2) is 18.2 Å². The third-order valence-corrected chi connectivity index (χ3v) is 2.82. The van der Waals surface area contributed by atoms with Crippen molar-refractivity contribution in [1.82, 2.24) is 5.32 Å². The lowest BCUT2D eigenvalue weighted by molar-refractivity contribution is -0.385. The van der Waals surface area contributed by atoms with Crippen LogP contribution in [0.3, 0.4) is 0 Å². The van der Waals surface area contributed by atoms with Crippen LogP contribution in [0.2, 0.25) is 0 Å². The van der Waals surface area contributed by atoms with E-state index in [1.54, 1.807) is 6.92 Å². The molecule has 0 aromatic heterocycles. The molecule has 0 saturated heterocycles. The zero-order valence-corrected chi connectivity index (χ0v) is 10.4. The van der Waals surface area contributed by atoms with Crippen LogP contribution in [0.25, 0.3) is 0 Å². The first-order chi connectivity index (χ1) is 8.35. The normalized spacial score (nSPS) is 14.2. The molecule has 0 saturated carbocycles. The summed E-state index contributed by atoms with van der Waals surface area (Å²) in [6, 6.07) is 3.33. The molecule has 0 fully saturated rings. The molecule has 0 amide bonds. The second-order valence-electron chi connectivity index (χ2n) is 4.48. The molecule has 1 atom stereocenters. The first-order valence-electron chi connectivity index (χ1n) is 5.71. The molecule has 6 heteroatoms. The minimum Gasteiger partial charge on any atom is -0.389 e. The standard InChI is InChI=1S/C12H17FN2O3/c1-3-12(2,16)8-14-7-9-6-10(13)4-5-11(9)15(17)18/h4-6,14,16H,3,7-8H2,1-2H3. The fourth-order valence-corrected chi connectivity index (χ4v) is 1.47. The largest absolute Gasteiger partial charge is 0.389 e. The first-order valence-corrected chi connectivity index (χ1v) is 5.71. The molecule has 5 nitrogen and oxygen atoms in total. The molecular weight excluding hydrogens is 239 g/mol. The van der Waals surface area contributed by atoms with Crippen molar-refractivity contribution in [2.24, 2.45) is 0 Å². The van der Waals surface area contributed by atoms with Gasteiger partial charge in [0.25, 0.3) is 5.69 Å². The topological polar surface area (TPSA) is 75.4 Å². The average Bonchev–Trinajstić information content (AvgIpc) is 2.28. The van der Waals surface area contributed by atoms with Gasteiger partial charge in [0.1, 0.15) is 5.82 Å². The molecule has 1 aromatic rings. The van der Waals surface area contributed by atoms with Gasteiger partial charge in [-0.1, -0.05) is 6.92 Å². The third-order valence-electron chi connectivity index (χ3n) is 2.82. The van der Waals surface area contributed by atoms with Crippen LogP contribution >= 0.6 is 0 Å². The number of aliphatic hydroxyl groups is 1. The van der Waals surface area contributed by atoms with Crippen LogP contribution in [-0.2, 0) is 6.54 Å². The molecule has 100 valence electrons. The van der Waals surface area contributed by atoms with Gasteiger partial charge >= 0.3 is 0 Å². The van der Waals surface area contributed by atoms with E-state index in [1.807, 2.05) is 6.92 Å². The van der Waals surface area contributed by atoms with Crippen molar-refractivity contribution in [2.45, 2.75) is 32.4 Å². The Hall–Kier alpha value is -1.53. The van der Waals surface area contributed by atoms with E-state index < -0.39 is 16.3 Å². The number of nitrogens with zero attached hydrogens (tertiary/aromatic N) is 1. The maximum atomic E-state index is 13.0. The Labute approximate surface area is 105 Å². The van der Waals surface area contributed by atoms with Gasteiger partial charge in [0.2, 0.25) is 0 Å². The Balaban J connectivity index is 2.72. The number of benzene rings is 1. The van der Waals surface area contributed by atoms with Crippen molar-refractivity contribution in [1.29, 1.82) is 0 Å². The summed E-state index contributed by atoms with van der Waals surface area (Å²) < 4.78 is 13.0. The summed E-state index contributed by atoms with van der Waals surface area (Å²) in [6.45, 7) is 3.94. The SMILES string of the molecule is CCC(C)(O)CNCc1cc(F)ccc1[N+](=O)[O-]. The van der Waals surface area contributed by atoms with Crippen LogP contribution in [-0.4, -0.2) is 22.2 Å². The van der Waals surface area contributed by atoms with Crippen LogP contribution in [0.4, 0.5) is 10.1 Å². The predicted molar refractivity (Wildman–Crippen MR) is 65.7 cm³/mol. The summed E-state index contributed by atoms with van der Waals surface area (Å²) in [4.78, 5) is 10.2. The van der Waals surface area contributed by atoms with Crippen LogP contribution in [0.1, 0.15) is 25.8 Å². The van der Waals surface area contributed by atoms with Crippen molar-refractivity contribution in [3.05, 3.63) is 39.7 Å². The second-order valence-corrected chi connectivity index (χ2v) is 4.48. The molecule has 0 aliphatic rings. The van der Waals surface area contributed by atoms with E-state index in [0.29, 0.717) is 6.42 Å². The molecule has 0 heterocycles. The van der Waals surface area contributed by atoms with E-state index >= 15 is 0 Å². The third kappa shape index (κ3) is 4.05. The molecule has 0 aliphatic carbocycles. The van der Waals surface area contributed by atoms with E-state index in [9.17, 15) is 19.6 Å². The summed E-state index contributed by atoms with van der Waals surface area (Å²) in [5.41, 5.74) is -0.728. The fourth-order valence-electron chi connectivity index (χ4n) is 1.47. The van der Waals surface area contributed by atoms with Crippen LogP contribution in [0.5, 0.6) is 0 Å². The lowest BCUT2D eigenvalue weighted by Crippen LogP contribution is -2.36. The Morgan fingerprint density at radius 1 is 1.56 bits per heavy atom. The highest BCUT2D eigenvalue weighted by Crippen LogP contribution is 2.19. The van der Waals surface area contributed by atoms with Gasteiger partial charge in [-0.15, -0.1) is 0 Å². The smallest absolute Gasteiger partial charge is 0.274 e. The van der Waals surface area contributed by atoms with Crippen molar-refractivity contribution in [3.63, 3.8) is 0 Å². The van der Waals surface area contributed by atoms with Gasteiger partial charge in [0, 0.05) is 24.7 Å². The minimum atomic E-state index is -0.873. The number of nitrogens with one attached hydrogen (secondary N) is 1. The maximum absolute atomic E-state index is 13.0.